The van der Waals surface area contributed by atoms with Crippen molar-refractivity contribution in [2.24, 2.45) is 0 Å². The largest absolute Gasteiger partial charge is 0.368 e. The summed E-state index contributed by atoms with van der Waals surface area (Å²) in [4.78, 5) is 24.6. The molecule has 3 heterocycles. The first kappa shape index (κ1) is 19.5. The maximum Gasteiger partial charge on any atom is 0.236 e. The van der Waals surface area contributed by atoms with Crippen LogP contribution in [0.1, 0.15) is 23.8 Å². The lowest BCUT2D eigenvalue weighted by molar-refractivity contribution is -0.133. The number of carbonyl (C=O) groups excluding carboxylic acids is 1. The highest BCUT2D eigenvalue weighted by Gasteiger charge is 2.28. The Morgan fingerprint density at radius 3 is 2.53 bits per heavy atom. The number of likely N-dealkylation sites (tertiary alicyclic amines) is 1. The highest BCUT2D eigenvalue weighted by molar-refractivity contribution is 7.18. The molecule has 30 heavy (non-hydrogen) atoms. The number of amides is 1. The molecule has 2 aliphatic rings. The number of hydrogen-bond acceptors (Lipinski definition) is 5. The molecule has 1 atom stereocenters. The van der Waals surface area contributed by atoms with E-state index < -0.39 is 0 Å². The summed E-state index contributed by atoms with van der Waals surface area (Å²) in [7, 11) is 0. The third-order valence-corrected chi connectivity index (χ3v) is 7.48. The molecule has 2 aliphatic heterocycles. The van der Waals surface area contributed by atoms with Crippen molar-refractivity contribution in [3.05, 3.63) is 59.6 Å². The predicted octanol–water partition coefficient (Wildman–Crippen LogP) is 3.82. The van der Waals surface area contributed by atoms with Crippen LogP contribution in [0.3, 0.4) is 0 Å². The molecule has 2 fully saturated rings. The fourth-order valence-electron chi connectivity index (χ4n) is 4.61. The molecule has 0 radical (unpaired) electrons. The van der Waals surface area contributed by atoms with Gasteiger partial charge in [0, 0.05) is 44.3 Å². The fraction of sp³-hybridized carbons (Fsp3) is 0.417. The number of benzene rings is 2. The summed E-state index contributed by atoms with van der Waals surface area (Å²) in [5.74, 6) is 0.714. The molecule has 0 spiro atoms. The van der Waals surface area contributed by atoms with Gasteiger partial charge in [-0.15, -0.1) is 11.3 Å². The average Bonchev–Trinajstić information content (AvgIpc) is 3.24. The van der Waals surface area contributed by atoms with Crippen LogP contribution in [0.2, 0.25) is 0 Å². The highest BCUT2D eigenvalue weighted by Crippen LogP contribution is 2.32. The van der Waals surface area contributed by atoms with Crippen LogP contribution in [-0.4, -0.2) is 66.5 Å². The van der Waals surface area contributed by atoms with E-state index in [9.17, 15) is 4.79 Å². The molecule has 1 amide bonds. The van der Waals surface area contributed by atoms with Gasteiger partial charge in [-0.1, -0.05) is 30.3 Å². The molecule has 1 aromatic heterocycles. The third kappa shape index (κ3) is 4.20. The zero-order chi connectivity index (χ0) is 20.3. The lowest BCUT2D eigenvalue weighted by atomic mass is 9.98. The Morgan fingerprint density at radius 2 is 1.73 bits per heavy atom. The Kier molecular flexibility index (Phi) is 5.69. The zero-order valence-electron chi connectivity index (χ0n) is 17.2. The van der Waals surface area contributed by atoms with E-state index in [0.717, 1.165) is 51.2 Å². The Bertz CT molecular complexity index is 964. The summed E-state index contributed by atoms with van der Waals surface area (Å²) in [6, 6.07) is 18.9. The molecular formula is C24H28N4OS. The molecule has 3 aromatic rings. The van der Waals surface area contributed by atoms with Gasteiger partial charge in [-0.3, -0.25) is 9.69 Å². The molecule has 0 aliphatic carbocycles. The minimum atomic E-state index is 0.271. The number of rotatable bonds is 4. The van der Waals surface area contributed by atoms with Crippen LogP contribution >= 0.6 is 11.3 Å². The van der Waals surface area contributed by atoms with Crippen LogP contribution in [0.25, 0.3) is 10.2 Å². The molecule has 5 nitrogen and oxygen atoms in total. The summed E-state index contributed by atoms with van der Waals surface area (Å²) < 4.78 is 1.26. The van der Waals surface area contributed by atoms with Crippen molar-refractivity contribution >= 4 is 33.1 Å². The minimum Gasteiger partial charge on any atom is -0.368 e. The maximum absolute atomic E-state index is 12.9. The Hall–Kier alpha value is -2.44. The van der Waals surface area contributed by atoms with Gasteiger partial charge in [0.05, 0.1) is 21.8 Å². The summed E-state index contributed by atoms with van der Waals surface area (Å²) in [6.45, 7) is 5.92. The molecular weight excluding hydrogens is 392 g/mol. The molecule has 0 unspecified atom stereocenters. The van der Waals surface area contributed by atoms with E-state index in [1.807, 2.05) is 22.3 Å². The van der Waals surface area contributed by atoms with Crippen molar-refractivity contribution in [1.29, 1.82) is 0 Å². The quantitative estimate of drug-likeness (QED) is 0.643. The van der Waals surface area contributed by atoms with Crippen molar-refractivity contribution in [1.82, 2.24) is 14.8 Å². The van der Waals surface area contributed by atoms with Gasteiger partial charge in [-0.2, -0.15) is 0 Å². The van der Waals surface area contributed by atoms with Crippen molar-refractivity contribution in [3.63, 3.8) is 0 Å². The van der Waals surface area contributed by atoms with E-state index in [1.54, 1.807) is 0 Å². The highest BCUT2D eigenvalue weighted by atomic mass is 32.1. The summed E-state index contributed by atoms with van der Waals surface area (Å²) in [6.07, 6.45) is 2.30. The van der Waals surface area contributed by atoms with E-state index >= 15 is 0 Å². The number of piperidine rings is 1. The Balaban J connectivity index is 1.16. The zero-order valence-corrected chi connectivity index (χ0v) is 18.1. The van der Waals surface area contributed by atoms with Gasteiger partial charge in [-0.25, -0.2) is 4.98 Å². The van der Waals surface area contributed by atoms with Gasteiger partial charge in [0.1, 0.15) is 0 Å². The first-order chi connectivity index (χ1) is 14.8. The van der Waals surface area contributed by atoms with Crippen molar-refractivity contribution in [2.45, 2.75) is 18.8 Å². The number of carbonyl (C=O) groups is 1. The van der Waals surface area contributed by atoms with E-state index in [-0.39, 0.29) is 5.91 Å². The van der Waals surface area contributed by atoms with Crippen LogP contribution in [0.5, 0.6) is 0 Å². The fourth-order valence-corrected chi connectivity index (χ4v) is 5.70. The van der Waals surface area contributed by atoms with Crippen molar-refractivity contribution in [2.75, 3.05) is 50.7 Å². The van der Waals surface area contributed by atoms with Gasteiger partial charge in [0.15, 0.2) is 0 Å². The van der Waals surface area contributed by atoms with Crippen LogP contribution in [0.15, 0.2) is 54.6 Å². The maximum atomic E-state index is 12.9. The molecule has 0 saturated carbocycles. The van der Waals surface area contributed by atoms with Crippen molar-refractivity contribution < 1.29 is 4.79 Å². The standard InChI is InChI=1S/C24H28N4OS/c29-23(28-15-13-27(14-16-28)20-8-2-1-3-9-20)18-26-12-6-7-19(17-26)24-25-21-10-4-5-11-22(21)30-24/h1-5,8-11,19H,6-7,12-18H2/t19-/m0/s1. The molecule has 0 bridgehead atoms. The summed E-state index contributed by atoms with van der Waals surface area (Å²) in [5.41, 5.74) is 2.35. The minimum absolute atomic E-state index is 0.271. The van der Waals surface area contributed by atoms with E-state index in [0.29, 0.717) is 12.5 Å². The third-order valence-electron chi connectivity index (χ3n) is 6.28. The van der Waals surface area contributed by atoms with Crippen molar-refractivity contribution in [3.8, 4) is 0 Å². The first-order valence-electron chi connectivity index (χ1n) is 10.9. The van der Waals surface area contributed by atoms with Crippen LogP contribution in [0, 0.1) is 0 Å². The van der Waals surface area contributed by atoms with E-state index in [2.05, 4.69) is 58.3 Å². The SMILES string of the molecule is O=C(CN1CCC[C@H](c2nc3ccccc3s2)C1)N1CCN(c2ccccc2)CC1. The van der Waals surface area contributed by atoms with Crippen LogP contribution < -0.4 is 4.90 Å². The number of piperazine rings is 1. The van der Waals surface area contributed by atoms with Gasteiger partial charge < -0.3 is 9.80 Å². The second-order valence-electron chi connectivity index (χ2n) is 8.30. The number of aromatic nitrogens is 1. The number of thiazole rings is 1. The van der Waals surface area contributed by atoms with Gasteiger partial charge in [-0.05, 0) is 43.7 Å². The molecule has 0 N–H and O–H groups in total. The number of para-hydroxylation sites is 2. The van der Waals surface area contributed by atoms with Gasteiger partial charge in [0.25, 0.3) is 0 Å². The molecule has 6 heteroatoms. The Labute approximate surface area is 181 Å². The second-order valence-corrected chi connectivity index (χ2v) is 9.36. The summed E-state index contributed by atoms with van der Waals surface area (Å²) in [5, 5.41) is 1.23. The van der Waals surface area contributed by atoms with Gasteiger partial charge >= 0.3 is 0 Å². The smallest absolute Gasteiger partial charge is 0.236 e. The lowest BCUT2D eigenvalue weighted by Crippen LogP contribution is -2.52. The number of hydrogen-bond donors (Lipinski definition) is 0. The van der Waals surface area contributed by atoms with Crippen LogP contribution in [-0.2, 0) is 4.79 Å². The predicted molar refractivity (Wildman–Crippen MR) is 123 cm³/mol. The number of fused-ring (bicyclic) bond motifs is 1. The first-order valence-corrected chi connectivity index (χ1v) is 11.7. The molecule has 5 rings (SSSR count). The normalized spacial score (nSPS) is 20.6. The molecule has 2 aromatic carbocycles. The van der Waals surface area contributed by atoms with E-state index in [4.69, 9.17) is 4.98 Å². The number of anilines is 1. The lowest BCUT2D eigenvalue weighted by Gasteiger charge is -2.38. The number of nitrogens with zero attached hydrogens (tertiary/aromatic N) is 4. The monoisotopic (exact) mass is 420 g/mol. The molecule has 2 saturated heterocycles. The van der Waals surface area contributed by atoms with Gasteiger partial charge in [0.2, 0.25) is 5.91 Å². The topological polar surface area (TPSA) is 39.7 Å². The molecule has 156 valence electrons. The second kappa shape index (κ2) is 8.74. The van der Waals surface area contributed by atoms with Crippen LogP contribution in [0.4, 0.5) is 5.69 Å². The van der Waals surface area contributed by atoms with E-state index in [1.165, 1.54) is 21.8 Å². The average molecular weight is 421 g/mol. The summed E-state index contributed by atoms with van der Waals surface area (Å²) >= 11 is 1.81. The Morgan fingerprint density at radius 1 is 0.967 bits per heavy atom.